The van der Waals surface area contributed by atoms with E-state index in [0.29, 0.717) is 12.4 Å². The summed E-state index contributed by atoms with van der Waals surface area (Å²) in [5, 5.41) is 3.19. The summed E-state index contributed by atoms with van der Waals surface area (Å²) >= 11 is 3.25. The third-order valence-electron chi connectivity index (χ3n) is 2.04. The van der Waals surface area contributed by atoms with E-state index in [-0.39, 0.29) is 0 Å². The molecule has 0 spiro atoms. The highest BCUT2D eigenvalue weighted by molar-refractivity contribution is 9.10. The van der Waals surface area contributed by atoms with E-state index in [9.17, 15) is 0 Å². The van der Waals surface area contributed by atoms with E-state index < -0.39 is 0 Å². The molecule has 2 rings (SSSR count). The van der Waals surface area contributed by atoms with Crippen LogP contribution in [0.5, 0.6) is 5.88 Å². The van der Waals surface area contributed by atoms with Crippen molar-refractivity contribution in [2.45, 2.75) is 6.54 Å². The highest BCUT2D eigenvalue weighted by atomic mass is 79.9. The molecule has 84 valence electrons. The number of ether oxygens (including phenoxy) is 1. The predicted molar refractivity (Wildman–Crippen MR) is 64.5 cm³/mol. The van der Waals surface area contributed by atoms with Crippen molar-refractivity contribution < 1.29 is 9.15 Å². The molecule has 0 atom stereocenters. The van der Waals surface area contributed by atoms with Crippen LogP contribution in [0.15, 0.2) is 39.5 Å². The van der Waals surface area contributed by atoms with Crippen LogP contribution in [-0.2, 0) is 6.54 Å². The number of halogens is 1. The van der Waals surface area contributed by atoms with E-state index in [2.05, 4.69) is 26.2 Å². The zero-order valence-corrected chi connectivity index (χ0v) is 10.3. The summed E-state index contributed by atoms with van der Waals surface area (Å²) in [5.74, 6) is 1.47. The SMILES string of the molecule is COc1ccc(NCc2ccc(Br)o2)cn1. The molecule has 2 aromatic rings. The largest absolute Gasteiger partial charge is 0.481 e. The average molecular weight is 283 g/mol. The van der Waals surface area contributed by atoms with Crippen LogP contribution in [-0.4, -0.2) is 12.1 Å². The maximum Gasteiger partial charge on any atom is 0.213 e. The van der Waals surface area contributed by atoms with E-state index in [0.717, 1.165) is 16.1 Å². The van der Waals surface area contributed by atoms with Gasteiger partial charge in [-0.05, 0) is 34.1 Å². The van der Waals surface area contributed by atoms with Gasteiger partial charge in [-0.15, -0.1) is 0 Å². The number of nitrogens with one attached hydrogen (secondary N) is 1. The fourth-order valence-corrected chi connectivity index (χ4v) is 1.58. The van der Waals surface area contributed by atoms with Gasteiger partial charge < -0.3 is 14.5 Å². The van der Waals surface area contributed by atoms with E-state index in [1.807, 2.05) is 18.2 Å². The van der Waals surface area contributed by atoms with Gasteiger partial charge in [0.2, 0.25) is 5.88 Å². The van der Waals surface area contributed by atoms with E-state index in [1.54, 1.807) is 19.4 Å². The Morgan fingerprint density at radius 2 is 2.25 bits per heavy atom. The molecule has 2 aromatic heterocycles. The van der Waals surface area contributed by atoms with Crippen LogP contribution >= 0.6 is 15.9 Å². The van der Waals surface area contributed by atoms with Gasteiger partial charge in [0.05, 0.1) is 25.5 Å². The van der Waals surface area contributed by atoms with Crippen LogP contribution in [0.2, 0.25) is 0 Å². The molecule has 0 aromatic carbocycles. The lowest BCUT2D eigenvalue weighted by molar-refractivity contribution is 0.398. The number of pyridine rings is 1. The fraction of sp³-hybridized carbons (Fsp3) is 0.182. The Hall–Kier alpha value is -1.49. The number of furan rings is 1. The number of nitrogens with zero attached hydrogens (tertiary/aromatic N) is 1. The Morgan fingerprint density at radius 1 is 1.38 bits per heavy atom. The molecule has 0 bridgehead atoms. The molecule has 0 saturated heterocycles. The lowest BCUT2D eigenvalue weighted by Crippen LogP contribution is -1.98. The predicted octanol–water partition coefficient (Wildman–Crippen LogP) is 3.06. The van der Waals surface area contributed by atoms with Crippen molar-refractivity contribution >= 4 is 21.6 Å². The molecular formula is C11H11BrN2O2. The first kappa shape index (κ1) is 11.0. The van der Waals surface area contributed by atoms with Crippen LogP contribution in [0.3, 0.4) is 0 Å². The van der Waals surface area contributed by atoms with E-state index in [4.69, 9.17) is 9.15 Å². The maximum absolute atomic E-state index is 5.36. The molecule has 0 saturated carbocycles. The van der Waals surface area contributed by atoms with Gasteiger partial charge in [0.15, 0.2) is 4.67 Å². The summed E-state index contributed by atoms with van der Waals surface area (Å²) in [6.07, 6.45) is 1.72. The van der Waals surface area contributed by atoms with Gasteiger partial charge in [0.25, 0.3) is 0 Å². The minimum Gasteiger partial charge on any atom is -0.481 e. The Balaban J connectivity index is 1.94. The van der Waals surface area contributed by atoms with Crippen LogP contribution in [0.1, 0.15) is 5.76 Å². The van der Waals surface area contributed by atoms with Crippen molar-refractivity contribution in [3.05, 3.63) is 40.9 Å². The molecule has 4 nitrogen and oxygen atoms in total. The first-order chi connectivity index (χ1) is 7.78. The molecule has 0 amide bonds. The Labute approximate surface area is 102 Å². The molecule has 16 heavy (non-hydrogen) atoms. The second-order valence-electron chi connectivity index (χ2n) is 3.15. The second kappa shape index (κ2) is 5.03. The van der Waals surface area contributed by atoms with Gasteiger partial charge in [-0.2, -0.15) is 0 Å². The molecule has 0 fully saturated rings. The van der Waals surface area contributed by atoms with Crippen LogP contribution in [0.25, 0.3) is 0 Å². The molecule has 5 heteroatoms. The van der Waals surface area contributed by atoms with Crippen molar-refractivity contribution in [1.29, 1.82) is 0 Å². The molecule has 0 unspecified atom stereocenters. The van der Waals surface area contributed by atoms with Gasteiger partial charge >= 0.3 is 0 Å². The third-order valence-corrected chi connectivity index (χ3v) is 2.47. The lowest BCUT2D eigenvalue weighted by Gasteiger charge is -2.04. The highest BCUT2D eigenvalue weighted by Crippen LogP contribution is 2.16. The van der Waals surface area contributed by atoms with Gasteiger partial charge in [-0.1, -0.05) is 0 Å². The summed E-state index contributed by atoms with van der Waals surface area (Å²) < 4.78 is 11.1. The van der Waals surface area contributed by atoms with E-state index in [1.165, 1.54) is 0 Å². The molecule has 0 aliphatic carbocycles. The summed E-state index contributed by atoms with van der Waals surface area (Å²) in [5.41, 5.74) is 0.924. The standard InChI is InChI=1S/C11H11BrN2O2/c1-15-11-5-2-8(6-14-11)13-7-9-3-4-10(12)16-9/h2-6,13H,7H2,1H3. The van der Waals surface area contributed by atoms with Gasteiger partial charge in [-0.25, -0.2) is 4.98 Å². The molecule has 0 aliphatic heterocycles. The third kappa shape index (κ3) is 2.76. The monoisotopic (exact) mass is 282 g/mol. The smallest absolute Gasteiger partial charge is 0.213 e. The van der Waals surface area contributed by atoms with Crippen LogP contribution in [0, 0.1) is 0 Å². The molecule has 2 heterocycles. The quantitative estimate of drug-likeness (QED) is 0.936. The fourth-order valence-electron chi connectivity index (χ4n) is 1.24. The lowest BCUT2D eigenvalue weighted by atomic mass is 10.4. The highest BCUT2D eigenvalue weighted by Gasteiger charge is 1.99. The first-order valence-electron chi connectivity index (χ1n) is 4.76. The first-order valence-corrected chi connectivity index (χ1v) is 5.55. The topological polar surface area (TPSA) is 47.3 Å². The number of methoxy groups -OCH3 is 1. The number of anilines is 1. The number of hydrogen-bond acceptors (Lipinski definition) is 4. The summed E-state index contributed by atoms with van der Waals surface area (Å²) in [6, 6.07) is 7.49. The molecular weight excluding hydrogens is 272 g/mol. The molecule has 0 aliphatic rings. The summed E-state index contributed by atoms with van der Waals surface area (Å²) in [7, 11) is 1.59. The zero-order valence-electron chi connectivity index (χ0n) is 8.74. The minimum absolute atomic E-state index is 0.603. The van der Waals surface area contributed by atoms with Crippen molar-refractivity contribution in [3.63, 3.8) is 0 Å². The molecule has 0 radical (unpaired) electrons. The number of aromatic nitrogens is 1. The molecule has 1 N–H and O–H groups in total. The Morgan fingerprint density at radius 3 is 2.81 bits per heavy atom. The number of hydrogen-bond donors (Lipinski definition) is 1. The normalized spacial score (nSPS) is 10.1. The van der Waals surface area contributed by atoms with Crippen molar-refractivity contribution in [1.82, 2.24) is 4.98 Å². The minimum atomic E-state index is 0.603. The van der Waals surface area contributed by atoms with Crippen LogP contribution < -0.4 is 10.1 Å². The Kier molecular flexibility index (Phi) is 3.46. The summed E-state index contributed by atoms with van der Waals surface area (Å²) in [4.78, 5) is 4.09. The average Bonchev–Trinajstić information content (AvgIpc) is 2.73. The van der Waals surface area contributed by atoms with Crippen LogP contribution in [0.4, 0.5) is 5.69 Å². The van der Waals surface area contributed by atoms with Gasteiger partial charge in [0, 0.05) is 6.07 Å². The van der Waals surface area contributed by atoms with Crippen molar-refractivity contribution in [3.8, 4) is 5.88 Å². The van der Waals surface area contributed by atoms with E-state index >= 15 is 0 Å². The van der Waals surface area contributed by atoms with Gasteiger partial charge in [0.1, 0.15) is 5.76 Å². The Bertz CT molecular complexity index is 453. The second-order valence-corrected chi connectivity index (χ2v) is 3.93. The van der Waals surface area contributed by atoms with Crippen molar-refractivity contribution in [2.24, 2.45) is 0 Å². The van der Waals surface area contributed by atoms with Gasteiger partial charge in [-0.3, -0.25) is 0 Å². The zero-order chi connectivity index (χ0) is 11.4. The maximum atomic E-state index is 5.36. The number of rotatable bonds is 4. The summed E-state index contributed by atoms with van der Waals surface area (Å²) in [6.45, 7) is 0.625. The van der Waals surface area contributed by atoms with Crippen molar-refractivity contribution in [2.75, 3.05) is 12.4 Å².